The number of amides is 1. The van der Waals surface area contributed by atoms with Gasteiger partial charge >= 0.3 is 0 Å². The van der Waals surface area contributed by atoms with Crippen molar-refractivity contribution in [2.45, 2.75) is 46.1 Å². The number of para-hydroxylation sites is 2. The zero-order valence-corrected chi connectivity index (χ0v) is 22.0. The zero-order chi connectivity index (χ0) is 24.6. The van der Waals surface area contributed by atoms with Gasteiger partial charge in [-0.1, -0.05) is 46.6 Å². The van der Waals surface area contributed by atoms with E-state index in [9.17, 15) is 4.79 Å². The Morgan fingerprint density at radius 3 is 2.57 bits per heavy atom. The van der Waals surface area contributed by atoms with Gasteiger partial charge in [-0.25, -0.2) is 4.98 Å². The maximum absolute atomic E-state index is 12.3. The Morgan fingerprint density at radius 2 is 1.77 bits per heavy atom. The molecule has 3 aromatic carbocycles. The first-order chi connectivity index (χ1) is 17.0. The van der Waals surface area contributed by atoms with Crippen LogP contribution in [0.15, 0.2) is 71.2 Å². The fourth-order valence-electron chi connectivity index (χ4n) is 4.36. The number of benzene rings is 3. The van der Waals surface area contributed by atoms with E-state index in [1.807, 2.05) is 30.3 Å². The van der Waals surface area contributed by atoms with Crippen LogP contribution in [0.25, 0.3) is 11.0 Å². The summed E-state index contributed by atoms with van der Waals surface area (Å²) in [7, 11) is 0. The van der Waals surface area contributed by atoms with Crippen molar-refractivity contribution in [2.24, 2.45) is 0 Å². The van der Waals surface area contributed by atoms with Crippen LogP contribution in [-0.2, 0) is 13.0 Å². The molecule has 182 valence electrons. The second-order valence-electron chi connectivity index (χ2n) is 8.92. The highest BCUT2D eigenvalue weighted by molar-refractivity contribution is 9.10. The van der Waals surface area contributed by atoms with Gasteiger partial charge in [0.15, 0.2) is 0 Å². The second kappa shape index (κ2) is 12.0. The molecule has 0 unspecified atom stereocenters. The van der Waals surface area contributed by atoms with Crippen LogP contribution in [0, 0.1) is 13.8 Å². The number of nitrogens with one attached hydrogen (secondary N) is 1. The van der Waals surface area contributed by atoms with Gasteiger partial charge in [-0.05, 0) is 80.3 Å². The Bertz CT molecular complexity index is 1280. The number of fused-ring (bicyclic) bond motifs is 1. The first kappa shape index (κ1) is 25.0. The molecule has 5 nitrogen and oxygen atoms in total. The Hall–Kier alpha value is -3.12. The zero-order valence-electron chi connectivity index (χ0n) is 20.4. The number of aromatic nitrogens is 2. The van der Waals surface area contributed by atoms with Crippen LogP contribution in [0.2, 0.25) is 0 Å². The third-order valence-electron chi connectivity index (χ3n) is 5.96. The smallest absolute Gasteiger partial charge is 0.251 e. The van der Waals surface area contributed by atoms with E-state index in [1.165, 1.54) is 11.1 Å². The van der Waals surface area contributed by atoms with Gasteiger partial charge in [0.05, 0.1) is 17.6 Å². The fourth-order valence-corrected chi connectivity index (χ4v) is 4.75. The molecule has 0 saturated carbocycles. The largest absolute Gasteiger partial charge is 0.492 e. The average Bonchev–Trinajstić information content (AvgIpc) is 3.18. The number of hydrogen-bond acceptors (Lipinski definition) is 3. The minimum absolute atomic E-state index is 0.0307. The van der Waals surface area contributed by atoms with Gasteiger partial charge in [-0.3, -0.25) is 4.79 Å². The van der Waals surface area contributed by atoms with Crippen LogP contribution >= 0.6 is 15.9 Å². The van der Waals surface area contributed by atoms with E-state index in [0.717, 1.165) is 59.3 Å². The molecule has 35 heavy (non-hydrogen) atoms. The molecule has 4 aromatic rings. The fraction of sp³-hybridized carbons (Fsp3) is 0.310. The lowest BCUT2D eigenvalue weighted by atomic mass is 10.1. The minimum Gasteiger partial charge on any atom is -0.492 e. The monoisotopic (exact) mass is 533 g/mol. The van der Waals surface area contributed by atoms with E-state index >= 15 is 0 Å². The van der Waals surface area contributed by atoms with Crippen LogP contribution < -0.4 is 10.1 Å². The van der Waals surface area contributed by atoms with Gasteiger partial charge in [0.2, 0.25) is 0 Å². The van der Waals surface area contributed by atoms with Crippen LogP contribution in [0.4, 0.5) is 0 Å². The van der Waals surface area contributed by atoms with Gasteiger partial charge in [-0.15, -0.1) is 0 Å². The number of hydrogen-bond donors (Lipinski definition) is 1. The first-order valence-corrected chi connectivity index (χ1v) is 13.0. The molecule has 0 saturated heterocycles. The molecule has 0 spiro atoms. The molecule has 0 aliphatic carbocycles. The van der Waals surface area contributed by atoms with Crippen molar-refractivity contribution in [2.75, 3.05) is 13.2 Å². The molecule has 0 radical (unpaired) electrons. The molecule has 1 amide bonds. The van der Waals surface area contributed by atoms with Crippen molar-refractivity contribution in [1.82, 2.24) is 14.9 Å². The predicted octanol–water partition coefficient (Wildman–Crippen LogP) is 6.64. The molecule has 0 aliphatic rings. The van der Waals surface area contributed by atoms with Crippen molar-refractivity contribution in [3.8, 4) is 5.75 Å². The maximum atomic E-state index is 12.3. The van der Waals surface area contributed by atoms with Gasteiger partial charge < -0.3 is 14.6 Å². The minimum atomic E-state index is -0.0307. The molecule has 0 bridgehead atoms. The molecule has 6 heteroatoms. The summed E-state index contributed by atoms with van der Waals surface area (Å²) in [6.07, 6.45) is 3.89. The van der Waals surface area contributed by atoms with Gasteiger partial charge in [0.1, 0.15) is 18.2 Å². The average molecular weight is 534 g/mol. The topological polar surface area (TPSA) is 56.1 Å². The number of halogens is 1. The van der Waals surface area contributed by atoms with Crippen molar-refractivity contribution < 1.29 is 9.53 Å². The van der Waals surface area contributed by atoms with Gasteiger partial charge in [0, 0.05) is 23.0 Å². The Balaban J connectivity index is 1.28. The van der Waals surface area contributed by atoms with Crippen molar-refractivity contribution in [1.29, 1.82) is 0 Å². The number of ether oxygens (including phenoxy) is 1. The van der Waals surface area contributed by atoms with E-state index < -0.39 is 0 Å². The molecular formula is C29H32BrN3O2. The van der Waals surface area contributed by atoms with Crippen LogP contribution in [0.3, 0.4) is 0 Å². The number of unbranched alkanes of at least 4 members (excludes halogenated alkanes) is 2. The third-order valence-corrected chi connectivity index (χ3v) is 6.46. The van der Waals surface area contributed by atoms with Gasteiger partial charge in [-0.2, -0.15) is 0 Å². The van der Waals surface area contributed by atoms with Gasteiger partial charge in [0.25, 0.3) is 5.91 Å². The van der Waals surface area contributed by atoms with Crippen molar-refractivity contribution in [3.63, 3.8) is 0 Å². The van der Waals surface area contributed by atoms with E-state index in [0.29, 0.717) is 18.7 Å². The lowest BCUT2D eigenvalue weighted by Gasteiger charge is -2.12. The van der Waals surface area contributed by atoms with E-state index in [4.69, 9.17) is 9.72 Å². The van der Waals surface area contributed by atoms with E-state index in [-0.39, 0.29) is 5.91 Å². The summed E-state index contributed by atoms with van der Waals surface area (Å²) < 4.78 is 9.27. The number of rotatable bonds is 11. The molecule has 0 fully saturated rings. The molecular weight excluding hydrogens is 502 g/mol. The number of carbonyl (C=O) groups is 1. The standard InChI is InChI=1S/C29H32BrN3O2/c1-21-17-22(2)19-25(18-21)35-16-15-33-27-12-6-5-11-26(27)32-28(33)13-4-3-7-14-31-29(34)23-9-8-10-24(30)20-23/h5-6,8-12,17-20H,3-4,7,13-16H2,1-2H3,(H,31,34). The Morgan fingerprint density at radius 1 is 0.971 bits per heavy atom. The number of carbonyl (C=O) groups excluding carboxylic acids is 1. The van der Waals surface area contributed by atoms with Crippen molar-refractivity contribution >= 4 is 32.9 Å². The number of aryl methyl sites for hydroxylation is 3. The predicted molar refractivity (Wildman–Crippen MR) is 145 cm³/mol. The molecule has 1 heterocycles. The normalized spacial score (nSPS) is 11.1. The number of imidazole rings is 1. The molecule has 4 rings (SSSR count). The summed E-state index contributed by atoms with van der Waals surface area (Å²) in [4.78, 5) is 17.2. The molecule has 0 atom stereocenters. The lowest BCUT2D eigenvalue weighted by Crippen LogP contribution is -2.24. The number of nitrogens with zero attached hydrogens (tertiary/aromatic N) is 2. The van der Waals surface area contributed by atoms with E-state index in [2.05, 4.69) is 76.1 Å². The van der Waals surface area contributed by atoms with E-state index in [1.54, 1.807) is 0 Å². The molecule has 0 aliphatic heterocycles. The summed E-state index contributed by atoms with van der Waals surface area (Å²) in [5, 5.41) is 3.01. The van der Waals surface area contributed by atoms with Crippen LogP contribution in [0.5, 0.6) is 5.75 Å². The highest BCUT2D eigenvalue weighted by atomic mass is 79.9. The first-order valence-electron chi connectivity index (χ1n) is 12.2. The molecule has 1 aromatic heterocycles. The summed E-state index contributed by atoms with van der Waals surface area (Å²) in [5.74, 6) is 1.98. The molecule has 1 N–H and O–H groups in total. The maximum Gasteiger partial charge on any atom is 0.251 e. The third kappa shape index (κ3) is 6.95. The quantitative estimate of drug-likeness (QED) is 0.220. The summed E-state index contributed by atoms with van der Waals surface area (Å²) in [6.45, 7) is 6.20. The highest BCUT2D eigenvalue weighted by Gasteiger charge is 2.11. The highest BCUT2D eigenvalue weighted by Crippen LogP contribution is 2.20. The summed E-state index contributed by atoms with van der Waals surface area (Å²) >= 11 is 3.41. The Labute approximate surface area is 215 Å². The van der Waals surface area contributed by atoms with Crippen LogP contribution in [-0.4, -0.2) is 28.6 Å². The SMILES string of the molecule is Cc1cc(C)cc(OCCn2c(CCCCCNC(=O)c3cccc(Br)c3)nc3ccccc32)c1. The Kier molecular flexibility index (Phi) is 8.59. The summed E-state index contributed by atoms with van der Waals surface area (Å²) in [5.41, 5.74) is 5.27. The van der Waals surface area contributed by atoms with Crippen LogP contribution in [0.1, 0.15) is 46.6 Å². The van der Waals surface area contributed by atoms with Crippen molar-refractivity contribution in [3.05, 3.63) is 93.7 Å². The lowest BCUT2D eigenvalue weighted by molar-refractivity contribution is 0.0953. The second-order valence-corrected chi connectivity index (χ2v) is 9.83. The summed E-state index contributed by atoms with van der Waals surface area (Å²) in [6, 6.07) is 22.0.